The molecule has 0 atom stereocenters. The number of aromatic amines is 1. The molecule has 0 unspecified atom stereocenters. The van der Waals surface area contributed by atoms with Crippen molar-refractivity contribution in [1.82, 2.24) is 9.97 Å². The lowest BCUT2D eigenvalue weighted by Gasteiger charge is -2.07. The molecular formula is C17H12ClN3O3. The Morgan fingerprint density at radius 1 is 1.12 bits per heavy atom. The Balaban J connectivity index is 1.67. The van der Waals surface area contributed by atoms with Gasteiger partial charge in [-0.2, -0.15) is 0 Å². The van der Waals surface area contributed by atoms with E-state index in [0.29, 0.717) is 22.3 Å². The van der Waals surface area contributed by atoms with Crippen molar-refractivity contribution in [3.63, 3.8) is 0 Å². The van der Waals surface area contributed by atoms with Crippen LogP contribution in [0.25, 0.3) is 0 Å². The highest BCUT2D eigenvalue weighted by atomic mass is 35.5. The Morgan fingerprint density at radius 2 is 1.92 bits per heavy atom. The number of hydrogen-bond donors (Lipinski definition) is 2. The number of H-pyrrole nitrogens is 1. The first-order chi connectivity index (χ1) is 11.6. The third-order valence-corrected chi connectivity index (χ3v) is 3.32. The number of aromatic nitrogens is 2. The van der Waals surface area contributed by atoms with Crippen molar-refractivity contribution in [2.75, 3.05) is 5.32 Å². The highest BCUT2D eigenvalue weighted by Crippen LogP contribution is 2.22. The minimum absolute atomic E-state index is 0.264. The van der Waals surface area contributed by atoms with Gasteiger partial charge in [-0.15, -0.1) is 0 Å². The molecule has 0 bridgehead atoms. The van der Waals surface area contributed by atoms with Gasteiger partial charge in [0.05, 0.1) is 11.9 Å². The monoisotopic (exact) mass is 341 g/mol. The SMILES string of the molecule is O=C(Nc1ccc(Oc2ccc(Cl)cc2)nc1)c1cc[nH]c(=O)c1. The normalized spacial score (nSPS) is 10.2. The number of anilines is 1. The maximum absolute atomic E-state index is 12.0. The minimum atomic E-state index is -0.394. The number of carbonyl (C=O) groups is 1. The molecule has 0 saturated carbocycles. The first-order valence-electron chi connectivity index (χ1n) is 7.00. The second-order valence-electron chi connectivity index (χ2n) is 4.84. The molecule has 0 aliphatic carbocycles. The van der Waals surface area contributed by atoms with Crippen molar-refractivity contribution in [1.29, 1.82) is 0 Å². The van der Waals surface area contributed by atoms with Crippen molar-refractivity contribution in [3.05, 3.63) is 81.9 Å². The van der Waals surface area contributed by atoms with Crippen LogP contribution in [0, 0.1) is 0 Å². The van der Waals surface area contributed by atoms with E-state index in [0.717, 1.165) is 0 Å². The van der Waals surface area contributed by atoms with Crippen LogP contribution >= 0.6 is 11.6 Å². The van der Waals surface area contributed by atoms with Crippen LogP contribution in [0.5, 0.6) is 11.6 Å². The molecule has 3 aromatic rings. The molecule has 0 radical (unpaired) electrons. The molecule has 120 valence electrons. The third kappa shape index (κ3) is 3.99. The van der Waals surface area contributed by atoms with Crippen molar-refractivity contribution >= 4 is 23.2 Å². The zero-order valence-electron chi connectivity index (χ0n) is 12.3. The van der Waals surface area contributed by atoms with Crippen molar-refractivity contribution in [2.45, 2.75) is 0 Å². The van der Waals surface area contributed by atoms with Crippen LogP contribution in [-0.4, -0.2) is 15.9 Å². The van der Waals surface area contributed by atoms with Gasteiger partial charge in [0.1, 0.15) is 5.75 Å². The van der Waals surface area contributed by atoms with Crippen LogP contribution in [0.1, 0.15) is 10.4 Å². The second kappa shape index (κ2) is 6.97. The molecule has 0 fully saturated rings. The van der Waals surface area contributed by atoms with Crippen molar-refractivity contribution in [3.8, 4) is 11.6 Å². The van der Waals surface area contributed by atoms with Gasteiger partial charge in [0.15, 0.2) is 0 Å². The smallest absolute Gasteiger partial charge is 0.255 e. The average molecular weight is 342 g/mol. The van der Waals surface area contributed by atoms with Crippen LogP contribution in [0.2, 0.25) is 5.02 Å². The standard InChI is InChI=1S/C17H12ClN3O3/c18-12-1-4-14(5-2-12)24-16-6-3-13(10-20-16)21-17(23)11-7-8-19-15(22)9-11/h1-10H,(H,19,22)(H,21,23). The van der Waals surface area contributed by atoms with Crippen LogP contribution in [-0.2, 0) is 0 Å². The van der Waals surface area contributed by atoms with E-state index < -0.39 is 5.91 Å². The lowest BCUT2D eigenvalue weighted by Crippen LogP contribution is -2.15. The fourth-order valence-corrected chi connectivity index (χ4v) is 2.05. The summed E-state index contributed by atoms with van der Waals surface area (Å²) in [5.41, 5.74) is 0.413. The summed E-state index contributed by atoms with van der Waals surface area (Å²) in [5.74, 6) is 0.591. The molecule has 2 aromatic heterocycles. The minimum Gasteiger partial charge on any atom is -0.439 e. The number of hydrogen-bond acceptors (Lipinski definition) is 4. The summed E-state index contributed by atoms with van der Waals surface area (Å²) in [7, 11) is 0. The van der Waals surface area contributed by atoms with Gasteiger partial charge in [-0.05, 0) is 36.4 Å². The Hall–Kier alpha value is -3.12. The van der Waals surface area contributed by atoms with Gasteiger partial charge in [0, 0.05) is 28.9 Å². The van der Waals surface area contributed by atoms with Gasteiger partial charge >= 0.3 is 0 Å². The van der Waals surface area contributed by atoms with Crippen molar-refractivity contribution in [2.24, 2.45) is 0 Å². The number of carbonyl (C=O) groups excluding carboxylic acids is 1. The highest BCUT2D eigenvalue weighted by Gasteiger charge is 2.07. The van der Waals surface area contributed by atoms with Crippen molar-refractivity contribution < 1.29 is 9.53 Å². The quantitative estimate of drug-likeness (QED) is 0.761. The van der Waals surface area contributed by atoms with Gasteiger partial charge in [-0.25, -0.2) is 4.98 Å². The molecule has 1 amide bonds. The number of pyridine rings is 2. The van der Waals surface area contributed by atoms with Crippen LogP contribution < -0.4 is 15.6 Å². The first kappa shape index (κ1) is 15.8. The zero-order chi connectivity index (χ0) is 16.9. The Bertz CT molecular complexity index is 905. The predicted molar refractivity (Wildman–Crippen MR) is 90.8 cm³/mol. The first-order valence-corrected chi connectivity index (χ1v) is 7.37. The van der Waals surface area contributed by atoms with E-state index in [4.69, 9.17) is 16.3 Å². The van der Waals surface area contributed by atoms with E-state index >= 15 is 0 Å². The summed E-state index contributed by atoms with van der Waals surface area (Å²) in [6.45, 7) is 0. The maximum atomic E-state index is 12.0. The van der Waals surface area contributed by atoms with E-state index in [9.17, 15) is 9.59 Å². The number of amides is 1. The van der Waals surface area contributed by atoms with Crippen LogP contribution in [0.3, 0.4) is 0 Å². The molecular weight excluding hydrogens is 330 g/mol. The van der Waals surface area contributed by atoms with Gasteiger partial charge in [-0.1, -0.05) is 11.6 Å². The second-order valence-corrected chi connectivity index (χ2v) is 5.27. The maximum Gasteiger partial charge on any atom is 0.255 e. The number of rotatable bonds is 4. The fourth-order valence-electron chi connectivity index (χ4n) is 1.93. The Labute approximate surface area is 142 Å². The largest absolute Gasteiger partial charge is 0.439 e. The summed E-state index contributed by atoms with van der Waals surface area (Å²) in [6.07, 6.45) is 2.88. The van der Waals surface area contributed by atoms with Gasteiger partial charge < -0.3 is 15.0 Å². The molecule has 0 saturated heterocycles. The number of nitrogens with one attached hydrogen (secondary N) is 2. The van der Waals surface area contributed by atoms with E-state index in [1.54, 1.807) is 36.4 Å². The number of benzene rings is 1. The molecule has 0 aliphatic heterocycles. The van der Waals surface area contributed by atoms with Gasteiger partial charge in [0.25, 0.3) is 5.91 Å². The Morgan fingerprint density at radius 3 is 2.58 bits per heavy atom. The predicted octanol–water partition coefficient (Wildman–Crippen LogP) is 3.47. The Kier molecular flexibility index (Phi) is 4.58. The molecule has 24 heavy (non-hydrogen) atoms. The van der Waals surface area contributed by atoms with Crippen LogP contribution in [0.15, 0.2) is 65.7 Å². The van der Waals surface area contributed by atoms with Gasteiger partial charge in [0.2, 0.25) is 11.4 Å². The van der Waals surface area contributed by atoms with E-state index in [2.05, 4.69) is 15.3 Å². The lowest BCUT2D eigenvalue weighted by molar-refractivity contribution is 0.102. The summed E-state index contributed by atoms with van der Waals surface area (Å²) >= 11 is 5.81. The molecule has 7 heteroatoms. The topological polar surface area (TPSA) is 84.1 Å². The van der Waals surface area contributed by atoms with Crippen LogP contribution in [0.4, 0.5) is 5.69 Å². The highest BCUT2D eigenvalue weighted by molar-refractivity contribution is 6.30. The number of ether oxygens (including phenoxy) is 1. The summed E-state index contributed by atoms with van der Waals surface area (Å²) in [4.78, 5) is 29.8. The molecule has 2 N–H and O–H groups in total. The molecule has 0 spiro atoms. The summed E-state index contributed by atoms with van der Waals surface area (Å²) < 4.78 is 5.57. The fraction of sp³-hybridized carbons (Fsp3) is 0. The van der Waals surface area contributed by atoms with Gasteiger partial charge in [-0.3, -0.25) is 9.59 Å². The molecule has 6 nitrogen and oxygen atoms in total. The molecule has 3 rings (SSSR count). The zero-order valence-corrected chi connectivity index (χ0v) is 13.1. The molecule has 2 heterocycles. The number of halogens is 1. The third-order valence-electron chi connectivity index (χ3n) is 3.07. The molecule has 1 aromatic carbocycles. The number of nitrogens with zero attached hydrogens (tertiary/aromatic N) is 1. The summed E-state index contributed by atoms with van der Waals surface area (Å²) in [6, 6.07) is 12.9. The summed E-state index contributed by atoms with van der Waals surface area (Å²) in [5, 5.41) is 3.28. The average Bonchev–Trinajstić information content (AvgIpc) is 2.59. The lowest BCUT2D eigenvalue weighted by atomic mass is 10.2. The van der Waals surface area contributed by atoms with E-state index in [1.807, 2.05) is 0 Å². The molecule has 0 aliphatic rings. The van der Waals surface area contributed by atoms with E-state index in [1.165, 1.54) is 24.5 Å². The van der Waals surface area contributed by atoms with E-state index in [-0.39, 0.29) is 11.1 Å².